The number of nitrogens with zero attached hydrogens (tertiary/aromatic N) is 2. The Morgan fingerprint density at radius 1 is 1.10 bits per heavy atom. The van der Waals surface area contributed by atoms with Crippen LogP contribution in [0.4, 0.5) is 0 Å². The van der Waals surface area contributed by atoms with Gasteiger partial charge in [-0.15, -0.1) is 0 Å². The van der Waals surface area contributed by atoms with Gasteiger partial charge in [-0.2, -0.15) is 4.98 Å². The maximum atomic E-state index is 12.1. The first-order valence-corrected chi connectivity index (χ1v) is 11.8. The molecule has 1 fully saturated rings. The fraction of sp³-hybridized carbons (Fsp3) is 0.625. The fourth-order valence-corrected chi connectivity index (χ4v) is 3.76. The second-order valence-corrected chi connectivity index (χ2v) is 8.24. The molecule has 0 unspecified atom stereocenters. The van der Waals surface area contributed by atoms with Crippen molar-refractivity contribution < 1.29 is 14.1 Å². The van der Waals surface area contributed by atoms with Crippen LogP contribution in [0.5, 0.6) is 0 Å². The number of hydrogen-bond donors (Lipinski definition) is 2. The summed E-state index contributed by atoms with van der Waals surface area (Å²) in [6.07, 6.45) is 12.0. The third-order valence-corrected chi connectivity index (χ3v) is 5.68. The third-order valence-electron chi connectivity index (χ3n) is 5.68. The summed E-state index contributed by atoms with van der Waals surface area (Å²) in [6, 6.07) is 8.36. The Bertz CT molecular complexity index is 769. The van der Waals surface area contributed by atoms with Gasteiger partial charge in [0.05, 0.1) is 13.3 Å². The van der Waals surface area contributed by atoms with Crippen molar-refractivity contribution in [2.24, 2.45) is 0 Å². The number of unbranched alkanes of at least 4 members (excludes halogenated alkanes) is 7. The van der Waals surface area contributed by atoms with Crippen molar-refractivity contribution >= 4 is 5.91 Å². The molecule has 0 bridgehead atoms. The SMILES string of the molecule is CCCCCCCCCCc1ccc(-c2noc(CNC(=O)[C@H]3CCNCO3)n2)cc1. The van der Waals surface area contributed by atoms with Gasteiger partial charge >= 0.3 is 0 Å². The number of rotatable bonds is 13. The van der Waals surface area contributed by atoms with Gasteiger partial charge in [0, 0.05) is 12.1 Å². The highest BCUT2D eigenvalue weighted by molar-refractivity contribution is 5.80. The predicted octanol–water partition coefficient (Wildman–Crippen LogP) is 4.37. The Kier molecular flexibility index (Phi) is 9.99. The molecule has 1 aromatic carbocycles. The van der Waals surface area contributed by atoms with Crippen LogP contribution in [0.3, 0.4) is 0 Å². The van der Waals surface area contributed by atoms with Crippen molar-refractivity contribution in [3.8, 4) is 11.4 Å². The molecule has 2 N–H and O–H groups in total. The van der Waals surface area contributed by atoms with Gasteiger partial charge in [-0.3, -0.25) is 10.1 Å². The van der Waals surface area contributed by atoms with Crippen LogP contribution in [0.25, 0.3) is 11.4 Å². The molecular formula is C24H36N4O3. The van der Waals surface area contributed by atoms with Gasteiger partial charge in [0.25, 0.3) is 0 Å². The number of benzene rings is 1. The largest absolute Gasteiger partial charge is 0.353 e. The lowest BCUT2D eigenvalue weighted by Crippen LogP contribution is -2.43. The maximum absolute atomic E-state index is 12.1. The van der Waals surface area contributed by atoms with E-state index in [0.717, 1.165) is 18.5 Å². The van der Waals surface area contributed by atoms with E-state index < -0.39 is 6.10 Å². The molecule has 0 aliphatic carbocycles. The lowest BCUT2D eigenvalue weighted by molar-refractivity contribution is -0.136. The molecule has 1 atom stereocenters. The second kappa shape index (κ2) is 13.2. The van der Waals surface area contributed by atoms with Crippen molar-refractivity contribution in [2.75, 3.05) is 13.3 Å². The van der Waals surface area contributed by atoms with E-state index in [1.54, 1.807) is 0 Å². The molecule has 0 saturated carbocycles. The summed E-state index contributed by atoms with van der Waals surface area (Å²) in [5.74, 6) is 0.785. The summed E-state index contributed by atoms with van der Waals surface area (Å²) < 4.78 is 10.7. The van der Waals surface area contributed by atoms with Crippen LogP contribution < -0.4 is 10.6 Å². The van der Waals surface area contributed by atoms with E-state index in [1.807, 2.05) is 12.1 Å². The van der Waals surface area contributed by atoms with E-state index >= 15 is 0 Å². The highest BCUT2D eigenvalue weighted by atomic mass is 16.5. The van der Waals surface area contributed by atoms with Crippen LogP contribution >= 0.6 is 0 Å². The van der Waals surface area contributed by atoms with Crippen molar-refractivity contribution in [3.63, 3.8) is 0 Å². The zero-order chi connectivity index (χ0) is 21.7. The molecule has 170 valence electrons. The summed E-state index contributed by atoms with van der Waals surface area (Å²) in [4.78, 5) is 16.5. The molecule has 1 aliphatic rings. The van der Waals surface area contributed by atoms with Crippen molar-refractivity contribution in [1.82, 2.24) is 20.8 Å². The quantitative estimate of drug-likeness (QED) is 0.461. The highest BCUT2D eigenvalue weighted by Gasteiger charge is 2.22. The first-order chi connectivity index (χ1) is 15.3. The number of nitrogens with one attached hydrogen (secondary N) is 2. The maximum Gasteiger partial charge on any atom is 0.249 e. The summed E-state index contributed by atoms with van der Waals surface area (Å²) in [7, 11) is 0. The third kappa shape index (κ3) is 8.07. The molecular weight excluding hydrogens is 392 g/mol. The molecule has 1 saturated heterocycles. The minimum atomic E-state index is -0.419. The van der Waals surface area contributed by atoms with Gasteiger partial charge in [0.1, 0.15) is 6.10 Å². The number of carbonyl (C=O) groups excluding carboxylic acids is 1. The summed E-state index contributed by atoms with van der Waals surface area (Å²) >= 11 is 0. The average Bonchev–Trinajstić information content (AvgIpc) is 3.29. The number of ether oxygens (including phenoxy) is 1. The molecule has 7 heteroatoms. The second-order valence-electron chi connectivity index (χ2n) is 8.24. The van der Waals surface area contributed by atoms with Gasteiger partial charge in [-0.1, -0.05) is 81.3 Å². The van der Waals surface area contributed by atoms with Crippen LogP contribution in [0.15, 0.2) is 28.8 Å². The number of hydrogen-bond acceptors (Lipinski definition) is 6. The van der Waals surface area contributed by atoms with Crippen LogP contribution in [-0.4, -0.2) is 35.4 Å². The molecule has 2 aromatic rings. The van der Waals surface area contributed by atoms with Crippen molar-refractivity contribution in [3.05, 3.63) is 35.7 Å². The van der Waals surface area contributed by atoms with Gasteiger partial charge in [0.15, 0.2) is 0 Å². The standard InChI is InChI=1S/C24H36N4O3/c1-2-3-4-5-6-7-8-9-10-19-11-13-20(14-12-19)23-27-22(31-28-23)17-26-24(29)21-15-16-25-18-30-21/h11-14,21,25H,2-10,15-18H2,1H3,(H,26,29)/t21-/m1/s1. The molecule has 0 spiro atoms. The Labute approximate surface area is 185 Å². The molecule has 2 heterocycles. The summed E-state index contributed by atoms with van der Waals surface area (Å²) in [5.41, 5.74) is 2.26. The number of aryl methyl sites for hydroxylation is 1. The van der Waals surface area contributed by atoms with E-state index in [9.17, 15) is 4.79 Å². The van der Waals surface area contributed by atoms with Crippen LogP contribution in [0, 0.1) is 0 Å². The molecule has 31 heavy (non-hydrogen) atoms. The minimum Gasteiger partial charge on any atom is -0.353 e. The Hall–Kier alpha value is -2.25. The fourth-order valence-electron chi connectivity index (χ4n) is 3.76. The minimum absolute atomic E-state index is 0.147. The van der Waals surface area contributed by atoms with Crippen LogP contribution in [0.1, 0.15) is 76.2 Å². The molecule has 1 aliphatic heterocycles. The Morgan fingerprint density at radius 3 is 2.55 bits per heavy atom. The van der Waals surface area contributed by atoms with Gasteiger partial charge in [-0.05, 0) is 24.8 Å². The molecule has 1 aromatic heterocycles. The monoisotopic (exact) mass is 428 g/mol. The normalized spacial score (nSPS) is 16.4. The Balaban J connectivity index is 1.37. The van der Waals surface area contributed by atoms with Crippen molar-refractivity contribution in [2.45, 2.75) is 83.8 Å². The van der Waals surface area contributed by atoms with E-state index in [0.29, 0.717) is 24.9 Å². The lowest BCUT2D eigenvalue weighted by Gasteiger charge is -2.22. The predicted molar refractivity (Wildman–Crippen MR) is 120 cm³/mol. The highest BCUT2D eigenvalue weighted by Crippen LogP contribution is 2.18. The number of aromatic nitrogens is 2. The number of amides is 1. The first kappa shape index (κ1) is 23.4. The number of carbonyl (C=O) groups is 1. The van der Waals surface area contributed by atoms with E-state index in [1.165, 1.54) is 56.9 Å². The zero-order valence-electron chi connectivity index (χ0n) is 18.7. The van der Waals surface area contributed by atoms with E-state index in [4.69, 9.17) is 9.26 Å². The topological polar surface area (TPSA) is 89.3 Å². The van der Waals surface area contributed by atoms with E-state index in [2.05, 4.69) is 39.8 Å². The molecule has 7 nitrogen and oxygen atoms in total. The Morgan fingerprint density at radius 2 is 1.84 bits per heavy atom. The molecule has 0 radical (unpaired) electrons. The average molecular weight is 429 g/mol. The van der Waals surface area contributed by atoms with Gasteiger partial charge in [-0.25, -0.2) is 0 Å². The smallest absolute Gasteiger partial charge is 0.249 e. The van der Waals surface area contributed by atoms with Crippen molar-refractivity contribution in [1.29, 1.82) is 0 Å². The summed E-state index contributed by atoms with van der Waals surface area (Å²) in [6.45, 7) is 3.64. The van der Waals surface area contributed by atoms with Crippen LogP contribution in [-0.2, 0) is 22.5 Å². The first-order valence-electron chi connectivity index (χ1n) is 11.8. The summed E-state index contributed by atoms with van der Waals surface area (Å²) in [5, 5.41) is 9.90. The zero-order valence-corrected chi connectivity index (χ0v) is 18.7. The molecule has 3 rings (SSSR count). The van der Waals surface area contributed by atoms with E-state index in [-0.39, 0.29) is 12.5 Å². The van der Waals surface area contributed by atoms with Crippen LogP contribution in [0.2, 0.25) is 0 Å². The molecule has 1 amide bonds. The van der Waals surface area contributed by atoms with Gasteiger partial charge in [0.2, 0.25) is 17.6 Å². The van der Waals surface area contributed by atoms with Gasteiger partial charge < -0.3 is 14.6 Å². The lowest BCUT2D eigenvalue weighted by atomic mass is 10.0.